The first-order chi connectivity index (χ1) is 17.4. The number of hydrogen-bond acceptors (Lipinski definition) is 8. The number of rotatable bonds is 7. The van der Waals surface area contributed by atoms with Gasteiger partial charge in [0.15, 0.2) is 16.9 Å². The van der Waals surface area contributed by atoms with Crippen molar-refractivity contribution in [3.63, 3.8) is 0 Å². The lowest BCUT2D eigenvalue weighted by atomic mass is 9.87. The summed E-state index contributed by atoms with van der Waals surface area (Å²) >= 11 is 0. The highest BCUT2D eigenvalue weighted by Crippen LogP contribution is 2.42. The van der Waals surface area contributed by atoms with Gasteiger partial charge in [0.25, 0.3) is 0 Å². The number of amides is 1. The smallest absolute Gasteiger partial charge is 0.231 e. The molecule has 0 fully saturated rings. The zero-order valence-electron chi connectivity index (χ0n) is 19.0. The third kappa shape index (κ3) is 4.56. The van der Waals surface area contributed by atoms with Crippen LogP contribution in [0.1, 0.15) is 35.1 Å². The van der Waals surface area contributed by atoms with Gasteiger partial charge in [-0.1, -0.05) is 24.3 Å². The Morgan fingerprint density at radius 1 is 0.972 bits per heavy atom. The Balaban J connectivity index is 1.45. The predicted octanol–water partition coefficient (Wildman–Crippen LogP) is 3.30. The fraction of sp³-hybridized carbons (Fsp3) is 0.185. The maximum atomic E-state index is 13.4. The van der Waals surface area contributed by atoms with Gasteiger partial charge < -0.3 is 34.5 Å². The second kappa shape index (κ2) is 9.63. The molecule has 0 bridgehead atoms. The van der Waals surface area contributed by atoms with Crippen molar-refractivity contribution in [3.8, 4) is 23.0 Å². The molecular weight excluding hydrogens is 466 g/mol. The van der Waals surface area contributed by atoms with Gasteiger partial charge in [0.1, 0.15) is 17.1 Å². The number of benzene rings is 3. The monoisotopic (exact) mass is 489 g/mol. The SMILES string of the molecule is O=C(CC(c1cc2c(cc1O)OCO2)c1coc2ccccc2c1=O)NCC(O)c1ccc(O)cc1. The van der Waals surface area contributed by atoms with E-state index in [4.69, 9.17) is 13.9 Å². The standard InChI is InChI=1S/C27H23NO8/c29-16-7-5-15(6-8-16)22(31)12-28-26(32)10-18(19-9-24-25(11-21(19)30)36-14-35-24)20-13-34-23-4-2-1-3-17(23)27(20)33/h1-9,11,13,18,22,29-31H,10,12,14H2,(H,28,32). The summed E-state index contributed by atoms with van der Waals surface area (Å²) in [6.45, 7) is -0.0909. The number of carbonyl (C=O) groups is 1. The third-order valence-electron chi connectivity index (χ3n) is 6.14. The van der Waals surface area contributed by atoms with Crippen LogP contribution in [0.5, 0.6) is 23.0 Å². The summed E-state index contributed by atoms with van der Waals surface area (Å²) in [5.74, 6) is -0.666. The van der Waals surface area contributed by atoms with E-state index < -0.39 is 17.9 Å². The fourth-order valence-electron chi connectivity index (χ4n) is 4.23. The molecule has 0 aliphatic carbocycles. The molecule has 2 heterocycles. The molecule has 2 atom stereocenters. The molecule has 4 aromatic rings. The Labute approximate surface area is 205 Å². The fourth-order valence-corrected chi connectivity index (χ4v) is 4.23. The molecule has 0 saturated carbocycles. The minimum atomic E-state index is -1.00. The summed E-state index contributed by atoms with van der Waals surface area (Å²) in [5, 5.41) is 33.6. The lowest BCUT2D eigenvalue weighted by Crippen LogP contribution is -2.30. The highest BCUT2D eigenvalue weighted by Gasteiger charge is 2.28. The topological polar surface area (TPSA) is 138 Å². The molecule has 9 nitrogen and oxygen atoms in total. The number of aliphatic hydroxyl groups excluding tert-OH is 1. The van der Waals surface area contributed by atoms with Gasteiger partial charge in [-0.25, -0.2) is 0 Å². The van der Waals surface area contributed by atoms with Gasteiger partial charge in [-0.15, -0.1) is 0 Å². The normalized spacial score (nSPS) is 13.9. The number of phenolic OH excluding ortho intramolecular Hbond substituents is 2. The van der Waals surface area contributed by atoms with Crippen molar-refractivity contribution < 1.29 is 34.0 Å². The Bertz CT molecular complexity index is 1480. The van der Waals surface area contributed by atoms with Crippen molar-refractivity contribution in [2.24, 2.45) is 0 Å². The van der Waals surface area contributed by atoms with E-state index >= 15 is 0 Å². The number of ether oxygens (including phenoxy) is 2. The van der Waals surface area contributed by atoms with Gasteiger partial charge in [0.2, 0.25) is 12.7 Å². The quantitative estimate of drug-likeness (QED) is 0.310. The minimum Gasteiger partial charge on any atom is -0.508 e. The van der Waals surface area contributed by atoms with E-state index in [0.29, 0.717) is 33.6 Å². The van der Waals surface area contributed by atoms with Crippen LogP contribution >= 0.6 is 0 Å². The van der Waals surface area contributed by atoms with Crippen LogP contribution in [0.2, 0.25) is 0 Å². The van der Waals surface area contributed by atoms with Crippen LogP contribution in [0.3, 0.4) is 0 Å². The summed E-state index contributed by atoms with van der Waals surface area (Å²) in [7, 11) is 0. The Hall–Kier alpha value is -4.50. The van der Waals surface area contributed by atoms with E-state index in [1.165, 1.54) is 24.5 Å². The van der Waals surface area contributed by atoms with Gasteiger partial charge >= 0.3 is 0 Å². The average molecular weight is 489 g/mol. The molecule has 0 radical (unpaired) electrons. The lowest BCUT2D eigenvalue weighted by Gasteiger charge is -2.19. The molecule has 0 saturated heterocycles. The van der Waals surface area contributed by atoms with Crippen molar-refractivity contribution in [3.05, 3.63) is 93.8 Å². The summed E-state index contributed by atoms with van der Waals surface area (Å²) in [6, 6.07) is 15.7. The Kier molecular flexibility index (Phi) is 6.22. The maximum absolute atomic E-state index is 13.4. The van der Waals surface area contributed by atoms with Crippen molar-refractivity contribution in [2.75, 3.05) is 13.3 Å². The van der Waals surface area contributed by atoms with Gasteiger partial charge in [0.05, 0.1) is 17.8 Å². The highest BCUT2D eigenvalue weighted by molar-refractivity contribution is 5.80. The Morgan fingerprint density at radius 2 is 1.69 bits per heavy atom. The zero-order chi connectivity index (χ0) is 25.2. The lowest BCUT2D eigenvalue weighted by molar-refractivity contribution is -0.121. The first-order valence-corrected chi connectivity index (χ1v) is 11.3. The number of fused-ring (bicyclic) bond motifs is 2. The predicted molar refractivity (Wildman–Crippen MR) is 129 cm³/mol. The number of nitrogens with one attached hydrogen (secondary N) is 1. The summed E-state index contributed by atoms with van der Waals surface area (Å²) < 4.78 is 16.4. The number of phenols is 2. The van der Waals surface area contributed by atoms with Crippen LogP contribution in [0, 0.1) is 0 Å². The zero-order valence-corrected chi connectivity index (χ0v) is 19.0. The average Bonchev–Trinajstić information content (AvgIpc) is 3.34. The second-order valence-electron chi connectivity index (χ2n) is 8.45. The van der Waals surface area contributed by atoms with E-state index in [2.05, 4.69) is 5.32 Å². The molecular formula is C27H23NO8. The molecule has 5 rings (SSSR count). The van der Waals surface area contributed by atoms with Crippen molar-refractivity contribution in [1.29, 1.82) is 0 Å². The molecule has 4 N–H and O–H groups in total. The number of aliphatic hydroxyl groups is 1. The number of aromatic hydroxyl groups is 2. The van der Waals surface area contributed by atoms with Gasteiger partial charge in [-0.3, -0.25) is 9.59 Å². The summed E-state index contributed by atoms with van der Waals surface area (Å²) in [5.41, 5.74) is 1.10. The van der Waals surface area contributed by atoms with Crippen molar-refractivity contribution in [2.45, 2.75) is 18.4 Å². The molecule has 36 heavy (non-hydrogen) atoms. The molecule has 3 aromatic carbocycles. The molecule has 9 heteroatoms. The molecule has 184 valence electrons. The van der Waals surface area contributed by atoms with E-state index in [0.717, 1.165) is 0 Å². The molecule has 1 aromatic heterocycles. The molecule has 2 unspecified atom stereocenters. The van der Waals surface area contributed by atoms with E-state index in [-0.39, 0.29) is 42.2 Å². The van der Waals surface area contributed by atoms with Crippen LogP contribution in [-0.2, 0) is 4.79 Å². The van der Waals surface area contributed by atoms with Crippen molar-refractivity contribution in [1.82, 2.24) is 5.32 Å². The first-order valence-electron chi connectivity index (χ1n) is 11.3. The summed E-state index contributed by atoms with van der Waals surface area (Å²) in [4.78, 5) is 26.3. The highest BCUT2D eigenvalue weighted by atomic mass is 16.7. The van der Waals surface area contributed by atoms with Crippen LogP contribution in [0.4, 0.5) is 0 Å². The van der Waals surface area contributed by atoms with Crippen LogP contribution in [0.25, 0.3) is 11.0 Å². The third-order valence-corrected chi connectivity index (χ3v) is 6.14. The van der Waals surface area contributed by atoms with E-state index in [9.17, 15) is 24.9 Å². The first kappa shape index (κ1) is 23.3. The largest absolute Gasteiger partial charge is 0.508 e. The molecule has 0 spiro atoms. The van der Waals surface area contributed by atoms with Crippen LogP contribution in [0.15, 0.2) is 76.1 Å². The molecule has 1 aliphatic rings. The number of hydrogen-bond donors (Lipinski definition) is 4. The van der Waals surface area contributed by atoms with Crippen LogP contribution < -0.4 is 20.2 Å². The number of carbonyl (C=O) groups excluding carboxylic acids is 1. The van der Waals surface area contributed by atoms with Crippen LogP contribution in [-0.4, -0.2) is 34.6 Å². The molecule has 1 amide bonds. The van der Waals surface area contributed by atoms with Crippen molar-refractivity contribution >= 4 is 16.9 Å². The second-order valence-corrected chi connectivity index (χ2v) is 8.45. The number of para-hydroxylation sites is 1. The molecule has 1 aliphatic heterocycles. The maximum Gasteiger partial charge on any atom is 0.231 e. The van der Waals surface area contributed by atoms with E-state index in [1.54, 1.807) is 42.5 Å². The Morgan fingerprint density at radius 3 is 2.47 bits per heavy atom. The summed E-state index contributed by atoms with van der Waals surface area (Å²) in [6.07, 6.45) is 0.0916. The van der Waals surface area contributed by atoms with E-state index in [1.807, 2.05) is 0 Å². The minimum absolute atomic E-state index is 0.00333. The van der Waals surface area contributed by atoms with Gasteiger partial charge in [-0.05, 0) is 35.9 Å². The van der Waals surface area contributed by atoms with Gasteiger partial charge in [0, 0.05) is 36.1 Å². The van der Waals surface area contributed by atoms with Gasteiger partial charge in [-0.2, -0.15) is 0 Å².